The van der Waals surface area contributed by atoms with Gasteiger partial charge in [-0.15, -0.1) is 11.3 Å². The van der Waals surface area contributed by atoms with E-state index in [1.807, 2.05) is 6.07 Å². The summed E-state index contributed by atoms with van der Waals surface area (Å²) >= 11 is 1.55. The lowest BCUT2D eigenvalue weighted by Crippen LogP contribution is -2.25. The number of carbonyl (C=O) groups is 1. The van der Waals surface area contributed by atoms with Crippen LogP contribution in [0.1, 0.15) is 33.5 Å². The topological polar surface area (TPSA) is 58.6 Å². The Morgan fingerprint density at radius 3 is 3.24 bits per heavy atom. The summed E-state index contributed by atoms with van der Waals surface area (Å²) in [6.07, 6.45) is 1.11. The number of hydrogen-bond acceptors (Lipinski definition) is 4. The van der Waals surface area contributed by atoms with E-state index in [-0.39, 0.29) is 12.0 Å². The van der Waals surface area contributed by atoms with Gasteiger partial charge >= 0.3 is 0 Å². The molecular formula is C12H17NO3S. The Hall–Kier alpha value is -0.910. The van der Waals surface area contributed by atoms with Gasteiger partial charge in [0.2, 0.25) is 0 Å². The van der Waals surface area contributed by atoms with Gasteiger partial charge in [-0.25, -0.2) is 0 Å². The molecule has 1 aliphatic rings. The highest BCUT2D eigenvalue weighted by Crippen LogP contribution is 2.26. The molecule has 1 unspecified atom stereocenters. The molecule has 0 radical (unpaired) electrons. The van der Waals surface area contributed by atoms with Crippen molar-refractivity contribution in [1.29, 1.82) is 0 Å². The Balaban J connectivity index is 1.92. The average molecular weight is 255 g/mol. The average Bonchev–Trinajstić information content (AvgIpc) is 2.71. The molecule has 1 aromatic rings. The van der Waals surface area contributed by atoms with Crippen LogP contribution >= 0.6 is 11.3 Å². The molecule has 94 valence electrons. The van der Waals surface area contributed by atoms with Crippen LogP contribution in [0, 0.1) is 0 Å². The third kappa shape index (κ3) is 3.28. The second-order valence-corrected chi connectivity index (χ2v) is 5.39. The number of ether oxygens (including phenoxy) is 1. The van der Waals surface area contributed by atoms with E-state index in [9.17, 15) is 4.79 Å². The van der Waals surface area contributed by atoms with Gasteiger partial charge < -0.3 is 15.2 Å². The zero-order valence-electron chi connectivity index (χ0n) is 9.86. The fraction of sp³-hybridized carbons (Fsp3) is 0.583. The second kappa shape index (κ2) is 5.62. The lowest BCUT2D eigenvalue weighted by atomic mass is 10.2. The van der Waals surface area contributed by atoms with Gasteiger partial charge in [-0.1, -0.05) is 0 Å². The van der Waals surface area contributed by atoms with Gasteiger partial charge in [0.1, 0.15) is 0 Å². The summed E-state index contributed by atoms with van der Waals surface area (Å²) in [5, 5.41) is 11.9. The molecule has 0 spiro atoms. The lowest BCUT2D eigenvalue weighted by Gasteiger charge is -2.10. The predicted molar refractivity (Wildman–Crippen MR) is 66.3 cm³/mol. The van der Waals surface area contributed by atoms with Crippen molar-refractivity contribution in [3.05, 3.63) is 21.4 Å². The maximum absolute atomic E-state index is 11.8. The minimum Gasteiger partial charge on any atom is -0.393 e. The zero-order chi connectivity index (χ0) is 12.3. The summed E-state index contributed by atoms with van der Waals surface area (Å²) in [6, 6.07) is 1.91. The minimum atomic E-state index is -0.375. The Morgan fingerprint density at radius 2 is 2.53 bits per heavy atom. The maximum atomic E-state index is 11.8. The number of hydrogen-bond donors (Lipinski definition) is 2. The van der Waals surface area contributed by atoms with E-state index in [4.69, 9.17) is 9.84 Å². The molecule has 1 atom stereocenters. The van der Waals surface area contributed by atoms with E-state index >= 15 is 0 Å². The zero-order valence-corrected chi connectivity index (χ0v) is 10.7. The van der Waals surface area contributed by atoms with Crippen LogP contribution in [0.25, 0.3) is 0 Å². The molecule has 1 aromatic heterocycles. The number of thiophene rings is 1. The predicted octanol–water partition coefficient (Wildman–Crippen LogP) is 1.32. The number of fused-ring (bicyclic) bond motifs is 1. The van der Waals surface area contributed by atoms with Crippen LogP contribution in [0.15, 0.2) is 6.07 Å². The van der Waals surface area contributed by atoms with Crippen LogP contribution in [-0.4, -0.2) is 30.3 Å². The van der Waals surface area contributed by atoms with Crippen LogP contribution in [0.4, 0.5) is 0 Å². The molecule has 0 aliphatic carbocycles. The Labute approximate surface area is 105 Å². The summed E-state index contributed by atoms with van der Waals surface area (Å²) in [4.78, 5) is 13.8. The molecule has 0 bridgehead atoms. The maximum Gasteiger partial charge on any atom is 0.261 e. The highest BCUT2D eigenvalue weighted by molar-refractivity contribution is 7.14. The van der Waals surface area contributed by atoms with Gasteiger partial charge in [-0.3, -0.25) is 4.79 Å². The van der Waals surface area contributed by atoms with Crippen molar-refractivity contribution in [2.45, 2.75) is 32.5 Å². The van der Waals surface area contributed by atoms with Crippen LogP contribution in [-0.2, 0) is 17.8 Å². The first-order chi connectivity index (χ1) is 8.16. The number of aliphatic hydroxyl groups is 1. The van der Waals surface area contributed by atoms with Crippen molar-refractivity contribution in [2.24, 2.45) is 0 Å². The normalized spacial score (nSPS) is 16.4. The standard InChI is InChI=1S/C12H17NO3S/c1-8(14)2-4-13-12(15)11-6-9-7-16-5-3-10(9)17-11/h6,8,14H,2-5,7H2,1H3,(H,13,15). The summed E-state index contributed by atoms with van der Waals surface area (Å²) in [6.45, 7) is 3.59. The van der Waals surface area contributed by atoms with Crippen LogP contribution < -0.4 is 5.32 Å². The van der Waals surface area contributed by atoms with Gasteiger partial charge in [0.15, 0.2) is 0 Å². The number of carbonyl (C=O) groups excluding carboxylic acids is 1. The molecule has 0 fully saturated rings. The Bertz CT molecular complexity index is 377. The highest BCUT2D eigenvalue weighted by Gasteiger charge is 2.17. The molecule has 5 heteroatoms. The summed E-state index contributed by atoms with van der Waals surface area (Å²) < 4.78 is 5.34. The van der Waals surface area contributed by atoms with E-state index in [1.54, 1.807) is 18.3 Å². The van der Waals surface area contributed by atoms with Gasteiger partial charge in [0.25, 0.3) is 5.91 Å². The number of rotatable bonds is 4. The number of aliphatic hydroxyl groups excluding tert-OH is 1. The molecule has 0 saturated heterocycles. The largest absolute Gasteiger partial charge is 0.393 e. The Kier molecular flexibility index (Phi) is 4.15. The van der Waals surface area contributed by atoms with Crippen molar-refractivity contribution in [2.75, 3.05) is 13.2 Å². The molecule has 1 aliphatic heterocycles. The first-order valence-corrected chi connectivity index (χ1v) is 6.64. The summed E-state index contributed by atoms with van der Waals surface area (Å²) in [5.41, 5.74) is 1.14. The minimum absolute atomic E-state index is 0.0509. The molecular weight excluding hydrogens is 238 g/mol. The third-order valence-corrected chi connectivity index (χ3v) is 3.93. The van der Waals surface area contributed by atoms with Gasteiger partial charge in [0.05, 0.1) is 24.2 Å². The van der Waals surface area contributed by atoms with Crippen molar-refractivity contribution in [1.82, 2.24) is 5.32 Å². The smallest absolute Gasteiger partial charge is 0.261 e. The lowest BCUT2D eigenvalue weighted by molar-refractivity contribution is 0.0949. The monoisotopic (exact) mass is 255 g/mol. The first kappa shape index (κ1) is 12.5. The van der Waals surface area contributed by atoms with E-state index in [2.05, 4.69) is 5.32 Å². The SMILES string of the molecule is CC(O)CCNC(=O)c1cc2c(s1)CCOC2. The molecule has 0 aromatic carbocycles. The molecule has 0 saturated carbocycles. The fourth-order valence-corrected chi connectivity index (χ4v) is 2.81. The second-order valence-electron chi connectivity index (χ2n) is 4.26. The van der Waals surface area contributed by atoms with Crippen molar-refractivity contribution in [3.8, 4) is 0 Å². The van der Waals surface area contributed by atoms with Crippen LogP contribution in [0.5, 0.6) is 0 Å². The Morgan fingerprint density at radius 1 is 1.71 bits per heavy atom. The van der Waals surface area contributed by atoms with Crippen molar-refractivity contribution < 1.29 is 14.6 Å². The third-order valence-electron chi connectivity index (χ3n) is 2.70. The van der Waals surface area contributed by atoms with E-state index < -0.39 is 0 Å². The fourth-order valence-electron chi connectivity index (χ4n) is 1.74. The van der Waals surface area contributed by atoms with E-state index in [0.717, 1.165) is 23.5 Å². The molecule has 4 nitrogen and oxygen atoms in total. The summed E-state index contributed by atoms with van der Waals surface area (Å²) in [7, 11) is 0. The van der Waals surface area contributed by atoms with E-state index in [0.29, 0.717) is 19.6 Å². The summed E-state index contributed by atoms with van der Waals surface area (Å²) in [5.74, 6) is -0.0509. The molecule has 2 heterocycles. The van der Waals surface area contributed by atoms with Crippen molar-refractivity contribution >= 4 is 17.2 Å². The molecule has 17 heavy (non-hydrogen) atoms. The number of nitrogens with one attached hydrogen (secondary N) is 1. The van der Waals surface area contributed by atoms with Gasteiger partial charge in [0, 0.05) is 17.8 Å². The van der Waals surface area contributed by atoms with E-state index in [1.165, 1.54) is 4.88 Å². The molecule has 1 amide bonds. The van der Waals surface area contributed by atoms with Crippen LogP contribution in [0.3, 0.4) is 0 Å². The van der Waals surface area contributed by atoms with Gasteiger partial charge in [-0.05, 0) is 25.0 Å². The van der Waals surface area contributed by atoms with Crippen LogP contribution in [0.2, 0.25) is 0 Å². The quantitative estimate of drug-likeness (QED) is 0.853. The van der Waals surface area contributed by atoms with Gasteiger partial charge in [-0.2, -0.15) is 0 Å². The molecule has 2 rings (SSSR count). The number of amides is 1. The highest BCUT2D eigenvalue weighted by atomic mass is 32.1. The first-order valence-electron chi connectivity index (χ1n) is 5.82. The molecule has 2 N–H and O–H groups in total. The van der Waals surface area contributed by atoms with Crippen molar-refractivity contribution in [3.63, 3.8) is 0 Å².